The minimum atomic E-state index is -3.26. The topological polar surface area (TPSA) is 219 Å². The van der Waals surface area contributed by atoms with E-state index in [1.807, 2.05) is 6.08 Å². The summed E-state index contributed by atoms with van der Waals surface area (Å²) in [4.78, 5) is 24.5. The molecule has 810 valence electrons. The fraction of sp³-hybridized carbons (Fsp3) is 0.835. The Morgan fingerprint density at radius 3 is 0.701 bits per heavy atom. The Kier molecular flexibility index (Phi) is 69.5. The first-order valence-corrected chi connectivity index (χ1v) is 133. The third-order valence-electron chi connectivity index (χ3n) is 22.0. The average molecular weight is 2440 g/mol. The van der Waals surface area contributed by atoms with E-state index in [4.69, 9.17) is 83.5 Å². The molecule has 52 heteroatoms. The van der Waals surface area contributed by atoms with E-state index in [1.54, 1.807) is 13.8 Å². The molecule has 0 saturated heterocycles. The van der Waals surface area contributed by atoms with Gasteiger partial charge in [-0.3, -0.25) is 0 Å². The van der Waals surface area contributed by atoms with Crippen LogP contribution >= 0.6 is 0 Å². The Morgan fingerprint density at radius 1 is 0.299 bits per heavy atom. The molecule has 137 heavy (non-hydrogen) atoms. The lowest BCUT2D eigenvalue weighted by atomic mass is 10.2. The summed E-state index contributed by atoms with van der Waals surface area (Å²) in [5.41, 5.74) is 1.94. The number of carbonyl (C=O) groups is 2. The third-order valence-corrected chi connectivity index (χ3v) is 120. The van der Waals surface area contributed by atoms with Crippen molar-refractivity contribution in [3.8, 4) is 0 Å². The summed E-state index contributed by atoms with van der Waals surface area (Å²) in [5, 5.41) is 1.11. The van der Waals surface area contributed by atoms with Crippen LogP contribution in [0, 0.1) is 0 Å². The SMILES string of the molecule is C=C(C)C(=O)OCCC[Si](O[Si](C)(C)CC[SiH](C)O[SiH](C)C)(O[Si](C)(C)CC[SiH](C)O[SiH](C)C)O[Si](C)(C)CC[SiH](C)O[SiH](C)C.C=C(C)C(=O)OCCC[Si](O[Si](C)(C)CC[SiH](C)O[Si](C)(C)C)(O[Si](C)(C)CC[SiH](C)O[Si](C)(C)C)O[Si](C)(C)CC[SiH](C)O[Si](C)(C)C.C=Cc1ccc([Si](O[Si](C)(C)CC[SiH2]O[SiH](C)C)(O[Si](C)(C)CC[SiH2]O[SiH](C)C)O[Si](C)(C)CC[SiH2]O[SiH](C)C)cc1. The van der Waals surface area contributed by atoms with Crippen LogP contribution in [-0.4, -0.2) is 289 Å². The van der Waals surface area contributed by atoms with Gasteiger partial charge in [0.25, 0.3) is 0 Å². The molecule has 0 spiro atoms. The maximum absolute atomic E-state index is 12.3. The van der Waals surface area contributed by atoms with Gasteiger partial charge in [0.05, 0.1) is 13.2 Å². The lowest BCUT2D eigenvalue weighted by Crippen LogP contribution is -2.68. The first kappa shape index (κ1) is 142. The first-order valence-electron chi connectivity index (χ1n) is 52.6. The van der Waals surface area contributed by atoms with Crippen LogP contribution in [0.2, 0.25) is 415 Å². The van der Waals surface area contributed by atoms with Crippen molar-refractivity contribution in [2.45, 2.75) is 442 Å². The minimum absolute atomic E-state index is 0.304. The van der Waals surface area contributed by atoms with Gasteiger partial charge in [-0.2, -0.15) is 0 Å². The molecular weight excluding hydrogens is 2220 g/mol. The summed E-state index contributed by atoms with van der Waals surface area (Å²) in [6, 6.07) is 29.7. The molecular formula is C85H218O22Si30. The highest BCUT2D eigenvalue weighted by Gasteiger charge is 2.57. The summed E-state index contributed by atoms with van der Waals surface area (Å²) < 4.78 is 136. The van der Waals surface area contributed by atoms with Crippen molar-refractivity contribution in [1.29, 1.82) is 0 Å². The van der Waals surface area contributed by atoms with Gasteiger partial charge in [0.2, 0.25) is 0 Å². The standard InChI is InChI=1S/C31H80O8Si10.C28H74O8Si10.C26H64O6Si10/c1-30(2)31(32)33-22-21-26-49(37-46(15,16)27-23-40(3)34-43(6,7)8,38-47(17,18)28-24-41(4)35-44(9,10)11)39-48(19,20)29-25-42(5)36-45(12,13)14;1-27(2)28(29)30-19-18-23-46(34-43(12,13)24-20-40(9)31-37(3)4,35-44(14,15)25-21-41(10)32-38(5)6)36-45(16,17)26-22-42(11)33-39(7)8;1-14-25-15-17-26(18-16-25)42(30-39(8,9)22-19-33-27-36(2)3,31-40(10,11)23-20-34-28-37(4)5)32-41(12,13)24-21-35-29-38(6)7/h40-42H,1,21-29H2,2-20H3;37-42H,1,18-26H2,2-17H3;14-18,36-38H,1,19-24,33-35H2,2-13H3. The highest BCUT2D eigenvalue weighted by atomic mass is 28.5. The lowest BCUT2D eigenvalue weighted by Gasteiger charge is -2.45. The van der Waals surface area contributed by atoms with Gasteiger partial charge in [-0.15, -0.1) is 0 Å². The predicted octanol–water partition coefficient (Wildman–Crippen LogP) is 21.5. The van der Waals surface area contributed by atoms with Gasteiger partial charge in [-0.1, -0.05) is 50.1 Å². The maximum atomic E-state index is 12.3. The zero-order chi connectivity index (χ0) is 107. The molecule has 0 aliphatic rings. The number of rotatable bonds is 75. The van der Waals surface area contributed by atoms with E-state index in [0.29, 0.717) is 49.3 Å². The van der Waals surface area contributed by atoms with Crippen LogP contribution in [0.3, 0.4) is 0 Å². The molecule has 1 rings (SSSR count). The number of hydrogen-bond donors (Lipinski definition) is 0. The lowest BCUT2D eigenvalue weighted by molar-refractivity contribution is -0.139. The monoisotopic (exact) mass is 2430 g/mol. The molecule has 0 heterocycles. The predicted molar refractivity (Wildman–Crippen MR) is 674 cm³/mol. The quantitative estimate of drug-likeness (QED) is 0.0256. The summed E-state index contributed by atoms with van der Waals surface area (Å²) in [6.07, 6.45) is 3.19. The summed E-state index contributed by atoms with van der Waals surface area (Å²) in [7, 11) is -49.4. The van der Waals surface area contributed by atoms with E-state index < -0.39 is 264 Å². The third kappa shape index (κ3) is 75.5. The van der Waals surface area contributed by atoms with Gasteiger partial charge in [0.1, 0.15) is 29.3 Å². The Labute approximate surface area is 887 Å². The molecule has 0 radical (unpaired) electrons. The fourth-order valence-corrected chi connectivity index (χ4v) is 134. The van der Waals surface area contributed by atoms with E-state index >= 15 is 0 Å². The van der Waals surface area contributed by atoms with Crippen molar-refractivity contribution in [3.63, 3.8) is 0 Å². The fourth-order valence-electron chi connectivity index (χ4n) is 16.1. The molecule has 0 aliphatic heterocycles. The molecule has 6 atom stereocenters. The van der Waals surface area contributed by atoms with Crippen LogP contribution in [0.4, 0.5) is 0 Å². The molecule has 1 aromatic carbocycles. The molecule has 6 unspecified atom stereocenters. The van der Waals surface area contributed by atoms with Crippen LogP contribution in [0.1, 0.15) is 32.3 Å². The second-order valence-corrected chi connectivity index (χ2v) is 150. The molecule has 0 aromatic heterocycles. The molecule has 1 aromatic rings. The highest BCUT2D eigenvalue weighted by molar-refractivity contribution is 6.97. The van der Waals surface area contributed by atoms with E-state index in [9.17, 15) is 9.59 Å². The van der Waals surface area contributed by atoms with Crippen LogP contribution in [0.5, 0.6) is 0 Å². The van der Waals surface area contributed by atoms with Gasteiger partial charge in [-0.05, 0) is 436 Å². The van der Waals surface area contributed by atoms with E-state index in [0.717, 1.165) is 120 Å². The van der Waals surface area contributed by atoms with Crippen molar-refractivity contribution in [2.75, 3.05) is 13.2 Å². The molecule has 0 fully saturated rings. The molecule has 0 bridgehead atoms. The van der Waals surface area contributed by atoms with Crippen molar-refractivity contribution >= 4 is 287 Å². The van der Waals surface area contributed by atoms with Crippen molar-refractivity contribution < 1.29 is 93.1 Å². The van der Waals surface area contributed by atoms with Crippen LogP contribution in [0.15, 0.2) is 55.1 Å². The van der Waals surface area contributed by atoms with Crippen molar-refractivity contribution in [1.82, 2.24) is 0 Å². The van der Waals surface area contributed by atoms with Crippen molar-refractivity contribution in [3.05, 3.63) is 60.7 Å². The summed E-state index contributed by atoms with van der Waals surface area (Å²) in [6.45, 7) is 120. The molecule has 0 saturated carbocycles. The molecule has 0 N–H and O–H groups in total. The van der Waals surface area contributed by atoms with Gasteiger partial charge < -0.3 is 83.5 Å². The average Bonchev–Trinajstić information content (AvgIpc) is 0.821. The number of esters is 2. The zero-order valence-electron chi connectivity index (χ0n) is 97.5. The van der Waals surface area contributed by atoms with Crippen LogP contribution < -0.4 is 5.19 Å². The van der Waals surface area contributed by atoms with E-state index in [1.165, 1.54) is 0 Å². The van der Waals surface area contributed by atoms with Crippen molar-refractivity contribution in [2.24, 2.45) is 0 Å². The second kappa shape index (κ2) is 67.0. The normalized spacial score (nSPS) is 16.4. The van der Waals surface area contributed by atoms with Crippen LogP contribution in [-0.2, 0) is 93.1 Å². The first-order chi connectivity index (χ1) is 62.0. The number of hydrogen-bond acceptors (Lipinski definition) is 22. The Bertz CT molecular complexity index is 3250. The Morgan fingerprint density at radius 2 is 0.511 bits per heavy atom. The number of benzene rings is 1. The summed E-state index contributed by atoms with van der Waals surface area (Å²) in [5.74, 6) is -0.694. The number of carbonyl (C=O) groups excluding carboxylic acids is 2. The van der Waals surface area contributed by atoms with Gasteiger partial charge >= 0.3 is 38.4 Å². The van der Waals surface area contributed by atoms with E-state index in [-0.39, 0.29) is 11.9 Å². The minimum Gasteiger partial charge on any atom is -0.463 e. The van der Waals surface area contributed by atoms with Crippen LogP contribution in [0.25, 0.3) is 6.08 Å². The molecule has 0 aliphatic carbocycles. The Hall–Kier alpha value is 3.17. The van der Waals surface area contributed by atoms with Gasteiger partial charge in [0, 0.05) is 28.4 Å². The maximum Gasteiger partial charge on any atom is 0.505 e. The largest absolute Gasteiger partial charge is 0.505 e. The highest BCUT2D eigenvalue weighted by Crippen LogP contribution is 2.40. The second-order valence-electron chi connectivity index (χ2n) is 49.0. The summed E-state index contributed by atoms with van der Waals surface area (Å²) >= 11 is 0. The van der Waals surface area contributed by atoms with E-state index in [2.05, 4.69) is 339 Å². The van der Waals surface area contributed by atoms with Gasteiger partial charge in [-0.25, -0.2) is 9.59 Å². The zero-order valence-corrected chi connectivity index (χ0v) is 131. The number of ether oxygens (including phenoxy) is 2. The smallest absolute Gasteiger partial charge is 0.463 e. The molecule has 22 nitrogen and oxygen atoms in total. The Balaban J connectivity index is 0. The van der Waals surface area contributed by atoms with Gasteiger partial charge in [0.15, 0.2) is 208 Å². The molecule has 0 amide bonds.